The van der Waals surface area contributed by atoms with Crippen molar-refractivity contribution in [3.8, 4) is 0 Å². The monoisotopic (exact) mass is 326 g/mol. The van der Waals surface area contributed by atoms with Gasteiger partial charge < -0.3 is 11.1 Å². The molecule has 1 heterocycles. The molecule has 0 saturated carbocycles. The maximum Gasteiger partial charge on any atom is 0.263 e. The van der Waals surface area contributed by atoms with Crippen molar-refractivity contribution in [1.82, 2.24) is 5.32 Å². The van der Waals surface area contributed by atoms with Crippen LogP contribution in [0.3, 0.4) is 0 Å². The first-order valence-electron chi connectivity index (χ1n) is 6.08. The molecule has 0 aliphatic carbocycles. The Kier molecular flexibility index (Phi) is 5.34. The summed E-state index contributed by atoms with van der Waals surface area (Å²) in [5.74, 6) is 1.62. The van der Waals surface area contributed by atoms with E-state index in [9.17, 15) is 4.79 Å². The van der Waals surface area contributed by atoms with Crippen LogP contribution < -0.4 is 11.1 Å². The first-order chi connectivity index (χ1) is 9.63. The molecule has 0 saturated heterocycles. The van der Waals surface area contributed by atoms with Gasteiger partial charge in [0.05, 0.1) is 5.69 Å². The van der Waals surface area contributed by atoms with Gasteiger partial charge in [-0.2, -0.15) is 11.8 Å². The van der Waals surface area contributed by atoms with Crippen LogP contribution in [-0.2, 0) is 0 Å². The van der Waals surface area contributed by atoms with Gasteiger partial charge in [-0.25, -0.2) is 0 Å². The molecule has 0 radical (unpaired) electrons. The number of nitrogens with one attached hydrogen (secondary N) is 1. The Morgan fingerprint density at radius 3 is 3.10 bits per heavy atom. The largest absolute Gasteiger partial charge is 0.397 e. The van der Waals surface area contributed by atoms with Crippen molar-refractivity contribution >= 4 is 56.4 Å². The molecule has 0 unspecified atom stereocenters. The van der Waals surface area contributed by atoms with Crippen LogP contribution in [-0.4, -0.2) is 24.0 Å². The smallest absolute Gasteiger partial charge is 0.263 e. The summed E-state index contributed by atoms with van der Waals surface area (Å²) in [7, 11) is 0. The fraction of sp³-hybridized carbons (Fsp3) is 0.214. The number of hydrogen-bond donors (Lipinski definition) is 2. The van der Waals surface area contributed by atoms with E-state index in [0.717, 1.165) is 21.6 Å². The van der Waals surface area contributed by atoms with Crippen LogP contribution in [0.2, 0.25) is 5.02 Å². The van der Waals surface area contributed by atoms with Crippen molar-refractivity contribution in [3.05, 3.63) is 40.8 Å². The third kappa shape index (κ3) is 3.48. The predicted molar refractivity (Wildman–Crippen MR) is 91.1 cm³/mol. The van der Waals surface area contributed by atoms with Crippen molar-refractivity contribution in [1.29, 1.82) is 0 Å². The molecule has 1 aromatic carbocycles. The lowest BCUT2D eigenvalue weighted by Crippen LogP contribution is -2.25. The number of benzene rings is 1. The summed E-state index contributed by atoms with van der Waals surface area (Å²) < 4.78 is 0.932. The lowest BCUT2D eigenvalue weighted by Gasteiger charge is -2.03. The van der Waals surface area contributed by atoms with E-state index in [1.807, 2.05) is 18.2 Å². The molecule has 2 aromatic rings. The number of hydrogen-bond acceptors (Lipinski definition) is 4. The predicted octanol–water partition coefficient (Wildman–Crippen LogP) is 3.79. The maximum atomic E-state index is 12.1. The SMILES string of the molecule is C=CCSCCNC(=O)c1sc2cc(Cl)ccc2c1N. The number of thioether (sulfide) groups is 1. The first-order valence-corrected chi connectivity index (χ1v) is 8.42. The van der Waals surface area contributed by atoms with Crippen LogP contribution in [0.25, 0.3) is 10.1 Å². The molecule has 1 aromatic heterocycles. The van der Waals surface area contributed by atoms with Crippen molar-refractivity contribution in [2.45, 2.75) is 0 Å². The average Bonchev–Trinajstić information content (AvgIpc) is 2.75. The van der Waals surface area contributed by atoms with Gasteiger partial charge in [-0.1, -0.05) is 17.7 Å². The maximum absolute atomic E-state index is 12.1. The number of anilines is 1. The standard InChI is InChI=1S/C14H15ClN2OS2/c1-2-6-19-7-5-17-14(18)13-12(16)10-4-3-9(15)8-11(10)20-13/h2-4,8H,1,5-7,16H2,(H,17,18). The highest BCUT2D eigenvalue weighted by Gasteiger charge is 2.15. The molecule has 0 aliphatic rings. The molecule has 3 N–H and O–H groups in total. The van der Waals surface area contributed by atoms with Gasteiger partial charge in [0.15, 0.2) is 0 Å². The lowest BCUT2D eigenvalue weighted by molar-refractivity contribution is 0.0961. The van der Waals surface area contributed by atoms with E-state index in [1.54, 1.807) is 17.8 Å². The highest BCUT2D eigenvalue weighted by molar-refractivity contribution is 7.99. The Bertz CT molecular complexity index is 639. The zero-order valence-corrected chi connectivity index (χ0v) is 13.2. The second-order valence-corrected chi connectivity index (χ2v) is 6.74. The Balaban J connectivity index is 2.06. The number of carbonyl (C=O) groups excluding carboxylic acids is 1. The molecule has 106 valence electrons. The van der Waals surface area contributed by atoms with Gasteiger partial charge in [-0.15, -0.1) is 17.9 Å². The summed E-state index contributed by atoms with van der Waals surface area (Å²) in [6, 6.07) is 5.45. The number of amides is 1. The first kappa shape index (κ1) is 15.2. The number of halogens is 1. The molecule has 20 heavy (non-hydrogen) atoms. The highest BCUT2D eigenvalue weighted by Crippen LogP contribution is 2.35. The summed E-state index contributed by atoms with van der Waals surface area (Å²) in [5, 5.41) is 4.40. The van der Waals surface area contributed by atoms with Crippen molar-refractivity contribution in [2.24, 2.45) is 0 Å². The number of nitrogen functional groups attached to an aromatic ring is 1. The Morgan fingerprint density at radius 2 is 2.35 bits per heavy atom. The van der Waals surface area contributed by atoms with Gasteiger partial charge in [-0.05, 0) is 18.2 Å². The highest BCUT2D eigenvalue weighted by atomic mass is 35.5. The summed E-state index contributed by atoms with van der Waals surface area (Å²) in [6.45, 7) is 4.27. The molecule has 0 aliphatic heterocycles. The number of nitrogens with two attached hydrogens (primary N) is 1. The molecule has 0 atom stereocenters. The van der Waals surface area contributed by atoms with Gasteiger partial charge in [0.2, 0.25) is 0 Å². The summed E-state index contributed by atoms with van der Waals surface area (Å²) >= 11 is 9.04. The van der Waals surface area contributed by atoms with Crippen molar-refractivity contribution < 1.29 is 4.79 Å². The second kappa shape index (κ2) is 7.02. The molecule has 0 bridgehead atoms. The molecular formula is C14H15ClN2OS2. The van der Waals surface area contributed by atoms with E-state index in [2.05, 4.69) is 11.9 Å². The van der Waals surface area contributed by atoms with E-state index in [1.165, 1.54) is 11.3 Å². The molecule has 0 spiro atoms. The molecule has 3 nitrogen and oxygen atoms in total. The Labute approximate surface area is 131 Å². The number of thiophene rings is 1. The fourth-order valence-electron chi connectivity index (χ4n) is 1.74. The molecule has 6 heteroatoms. The molecule has 0 fully saturated rings. The second-order valence-electron chi connectivity index (χ2n) is 4.10. The molecule has 1 amide bonds. The zero-order chi connectivity index (χ0) is 14.5. The van der Waals surface area contributed by atoms with Crippen LogP contribution in [0.4, 0.5) is 5.69 Å². The Hall–Kier alpha value is -1.17. The number of rotatable bonds is 6. The number of fused-ring (bicyclic) bond motifs is 1. The van der Waals surface area contributed by atoms with Gasteiger partial charge in [0.1, 0.15) is 4.88 Å². The quantitative estimate of drug-likeness (QED) is 0.627. The van der Waals surface area contributed by atoms with Gasteiger partial charge in [-0.3, -0.25) is 4.79 Å². The molecule has 2 rings (SSSR count). The normalized spacial score (nSPS) is 10.7. The third-order valence-corrected chi connectivity index (χ3v) is 5.03. The van der Waals surface area contributed by atoms with Gasteiger partial charge in [0, 0.05) is 33.2 Å². The van der Waals surface area contributed by atoms with Gasteiger partial charge in [0.25, 0.3) is 5.91 Å². The van der Waals surface area contributed by atoms with Crippen molar-refractivity contribution in [3.63, 3.8) is 0 Å². The van der Waals surface area contributed by atoms with E-state index < -0.39 is 0 Å². The minimum Gasteiger partial charge on any atom is -0.397 e. The van der Waals surface area contributed by atoms with E-state index >= 15 is 0 Å². The number of carbonyl (C=O) groups is 1. The molecular weight excluding hydrogens is 312 g/mol. The van der Waals surface area contributed by atoms with Crippen LogP contribution in [0.15, 0.2) is 30.9 Å². The van der Waals surface area contributed by atoms with E-state index in [4.69, 9.17) is 17.3 Å². The van der Waals surface area contributed by atoms with Crippen LogP contribution in [0.1, 0.15) is 9.67 Å². The summed E-state index contributed by atoms with van der Waals surface area (Å²) in [4.78, 5) is 12.7. The van der Waals surface area contributed by atoms with Crippen LogP contribution in [0.5, 0.6) is 0 Å². The summed E-state index contributed by atoms with van der Waals surface area (Å²) in [5.41, 5.74) is 6.56. The topological polar surface area (TPSA) is 55.1 Å². The van der Waals surface area contributed by atoms with Crippen LogP contribution >= 0.6 is 34.7 Å². The summed E-state index contributed by atoms with van der Waals surface area (Å²) in [6.07, 6.45) is 1.85. The minimum atomic E-state index is -0.126. The lowest BCUT2D eigenvalue weighted by atomic mass is 10.2. The van der Waals surface area contributed by atoms with E-state index in [-0.39, 0.29) is 5.91 Å². The Morgan fingerprint density at radius 1 is 1.55 bits per heavy atom. The van der Waals surface area contributed by atoms with Gasteiger partial charge >= 0.3 is 0 Å². The van der Waals surface area contributed by atoms with E-state index in [0.29, 0.717) is 22.1 Å². The fourth-order valence-corrected chi connectivity index (χ4v) is 3.64. The average molecular weight is 327 g/mol. The van der Waals surface area contributed by atoms with Crippen LogP contribution in [0, 0.1) is 0 Å². The third-order valence-electron chi connectivity index (χ3n) is 2.66. The van der Waals surface area contributed by atoms with Crippen molar-refractivity contribution in [2.75, 3.05) is 23.8 Å². The minimum absolute atomic E-state index is 0.126. The zero-order valence-electron chi connectivity index (χ0n) is 10.8.